The Labute approximate surface area is 189 Å². The second-order valence-electron chi connectivity index (χ2n) is 6.47. The largest absolute Gasteiger partial charge is 0.366 e. The molecule has 0 fully saturated rings. The van der Waals surface area contributed by atoms with Gasteiger partial charge in [0.25, 0.3) is 5.91 Å². The number of halogens is 2. The molecule has 7 nitrogen and oxygen atoms in total. The molecular formula is C21H15F2N5O2S2. The quantitative estimate of drug-likeness (QED) is 0.395. The van der Waals surface area contributed by atoms with Gasteiger partial charge in [0.15, 0.2) is 11.0 Å². The van der Waals surface area contributed by atoms with Crippen LogP contribution in [0.25, 0.3) is 17.1 Å². The highest BCUT2D eigenvalue weighted by Crippen LogP contribution is 2.30. The van der Waals surface area contributed by atoms with Gasteiger partial charge in [-0.2, -0.15) is 0 Å². The summed E-state index contributed by atoms with van der Waals surface area (Å²) in [6.45, 7) is 0. The van der Waals surface area contributed by atoms with Crippen molar-refractivity contribution in [2.45, 2.75) is 5.16 Å². The van der Waals surface area contributed by atoms with Gasteiger partial charge in [-0.15, -0.1) is 21.5 Å². The minimum absolute atomic E-state index is 0.0485. The summed E-state index contributed by atoms with van der Waals surface area (Å²) in [6.07, 6.45) is 0. The Kier molecular flexibility index (Phi) is 6.28. The van der Waals surface area contributed by atoms with Gasteiger partial charge in [0.2, 0.25) is 5.91 Å². The van der Waals surface area contributed by atoms with Crippen molar-refractivity contribution in [3.05, 3.63) is 77.2 Å². The summed E-state index contributed by atoms with van der Waals surface area (Å²) in [5.74, 6) is -2.31. The maximum Gasteiger partial charge on any atom is 0.251 e. The predicted octanol–water partition coefficient (Wildman–Crippen LogP) is 4.10. The first-order valence-electron chi connectivity index (χ1n) is 9.20. The topological polar surface area (TPSA) is 103 Å². The molecule has 3 N–H and O–H groups in total. The third kappa shape index (κ3) is 4.53. The Bertz CT molecular complexity index is 1290. The van der Waals surface area contributed by atoms with Crippen molar-refractivity contribution in [2.24, 2.45) is 5.73 Å². The van der Waals surface area contributed by atoms with E-state index in [2.05, 4.69) is 15.5 Å². The fourth-order valence-electron chi connectivity index (χ4n) is 2.91. The monoisotopic (exact) mass is 471 g/mol. The molecule has 0 aliphatic rings. The first kappa shape index (κ1) is 21.7. The Morgan fingerprint density at radius 2 is 1.88 bits per heavy atom. The Morgan fingerprint density at radius 3 is 2.59 bits per heavy atom. The van der Waals surface area contributed by atoms with Crippen LogP contribution in [0, 0.1) is 11.6 Å². The molecule has 0 aliphatic heterocycles. The lowest BCUT2D eigenvalue weighted by Gasteiger charge is -2.11. The van der Waals surface area contributed by atoms with E-state index < -0.39 is 23.4 Å². The van der Waals surface area contributed by atoms with E-state index in [0.717, 1.165) is 23.9 Å². The molecule has 4 rings (SSSR count). The van der Waals surface area contributed by atoms with E-state index in [-0.39, 0.29) is 22.2 Å². The standard InChI is InChI=1S/C21H15F2N5O2S2/c22-13-6-7-16(15(23)10-13)28-19(12-4-2-1-3-5-12)26-27-21(28)32-11-17(29)25-20-14(18(24)30)8-9-31-20/h1-10H,11H2,(H2,24,30)(H,25,29). The number of nitrogens with two attached hydrogens (primary N) is 1. The molecule has 0 bridgehead atoms. The third-order valence-electron chi connectivity index (χ3n) is 4.33. The molecule has 2 heterocycles. The first-order valence-corrected chi connectivity index (χ1v) is 11.1. The number of anilines is 1. The van der Waals surface area contributed by atoms with Gasteiger partial charge < -0.3 is 11.1 Å². The molecular weight excluding hydrogens is 456 g/mol. The Balaban J connectivity index is 1.62. The van der Waals surface area contributed by atoms with E-state index >= 15 is 0 Å². The Morgan fingerprint density at radius 1 is 1.09 bits per heavy atom. The van der Waals surface area contributed by atoms with Crippen molar-refractivity contribution < 1.29 is 18.4 Å². The average Bonchev–Trinajstić information content (AvgIpc) is 3.40. The molecule has 2 aromatic carbocycles. The fourth-order valence-corrected chi connectivity index (χ4v) is 4.46. The van der Waals surface area contributed by atoms with E-state index in [9.17, 15) is 18.4 Å². The number of primary amides is 1. The number of hydrogen-bond donors (Lipinski definition) is 2. The van der Waals surface area contributed by atoms with Crippen LogP contribution in [0.15, 0.2) is 65.1 Å². The molecule has 0 atom stereocenters. The average molecular weight is 472 g/mol. The molecule has 0 aliphatic carbocycles. The lowest BCUT2D eigenvalue weighted by molar-refractivity contribution is -0.113. The molecule has 4 aromatic rings. The summed E-state index contributed by atoms with van der Waals surface area (Å²) >= 11 is 2.19. The summed E-state index contributed by atoms with van der Waals surface area (Å²) in [5.41, 5.74) is 6.23. The van der Waals surface area contributed by atoms with Crippen LogP contribution in [0.2, 0.25) is 0 Å². The van der Waals surface area contributed by atoms with Crippen molar-refractivity contribution in [2.75, 3.05) is 11.1 Å². The lowest BCUT2D eigenvalue weighted by Crippen LogP contribution is -2.18. The number of carbonyl (C=O) groups is 2. The lowest BCUT2D eigenvalue weighted by atomic mass is 10.2. The summed E-state index contributed by atoms with van der Waals surface area (Å²) in [5, 5.41) is 13.1. The smallest absolute Gasteiger partial charge is 0.251 e. The molecule has 0 saturated carbocycles. The van der Waals surface area contributed by atoms with Crippen LogP contribution < -0.4 is 11.1 Å². The van der Waals surface area contributed by atoms with E-state index in [1.807, 2.05) is 6.07 Å². The van der Waals surface area contributed by atoms with Gasteiger partial charge in [0.1, 0.15) is 16.6 Å². The summed E-state index contributed by atoms with van der Waals surface area (Å²) < 4.78 is 29.5. The third-order valence-corrected chi connectivity index (χ3v) is 6.09. The predicted molar refractivity (Wildman–Crippen MR) is 119 cm³/mol. The fraction of sp³-hybridized carbons (Fsp3) is 0.0476. The van der Waals surface area contributed by atoms with E-state index in [0.29, 0.717) is 16.4 Å². The van der Waals surface area contributed by atoms with Crippen LogP contribution in [0.1, 0.15) is 10.4 Å². The maximum absolute atomic E-state index is 14.6. The van der Waals surface area contributed by atoms with Crippen LogP contribution >= 0.6 is 23.1 Å². The zero-order chi connectivity index (χ0) is 22.7. The van der Waals surface area contributed by atoms with E-state index in [4.69, 9.17) is 5.73 Å². The summed E-state index contributed by atoms with van der Waals surface area (Å²) in [7, 11) is 0. The summed E-state index contributed by atoms with van der Waals surface area (Å²) in [6, 6.07) is 13.7. The first-order chi connectivity index (χ1) is 15.4. The molecule has 2 aromatic heterocycles. The number of nitrogens with one attached hydrogen (secondary N) is 1. The maximum atomic E-state index is 14.6. The van der Waals surface area contributed by atoms with Crippen LogP contribution in [0.4, 0.5) is 13.8 Å². The second kappa shape index (κ2) is 9.28. The van der Waals surface area contributed by atoms with Gasteiger partial charge in [0.05, 0.1) is 17.0 Å². The molecule has 2 amide bonds. The molecule has 32 heavy (non-hydrogen) atoms. The van der Waals surface area contributed by atoms with Gasteiger partial charge in [0, 0.05) is 11.6 Å². The van der Waals surface area contributed by atoms with Crippen molar-refractivity contribution in [3.63, 3.8) is 0 Å². The second-order valence-corrected chi connectivity index (χ2v) is 8.33. The SMILES string of the molecule is NC(=O)c1ccsc1NC(=O)CSc1nnc(-c2ccccc2)n1-c1ccc(F)cc1F. The van der Waals surface area contributed by atoms with E-state index in [1.54, 1.807) is 29.6 Å². The molecule has 0 saturated heterocycles. The van der Waals surface area contributed by atoms with Crippen LogP contribution in [0.3, 0.4) is 0 Å². The Hall–Kier alpha value is -3.57. The van der Waals surface area contributed by atoms with Gasteiger partial charge in [-0.3, -0.25) is 14.2 Å². The number of carbonyl (C=O) groups excluding carboxylic acids is 2. The van der Waals surface area contributed by atoms with Gasteiger partial charge in [-0.1, -0.05) is 42.1 Å². The molecule has 11 heteroatoms. The molecule has 0 radical (unpaired) electrons. The minimum Gasteiger partial charge on any atom is -0.366 e. The van der Waals surface area contributed by atoms with Gasteiger partial charge in [-0.25, -0.2) is 8.78 Å². The number of rotatable bonds is 7. The van der Waals surface area contributed by atoms with Crippen molar-refractivity contribution >= 4 is 39.9 Å². The number of hydrogen-bond acceptors (Lipinski definition) is 6. The number of aromatic nitrogens is 3. The van der Waals surface area contributed by atoms with E-state index in [1.165, 1.54) is 28.0 Å². The van der Waals surface area contributed by atoms with Crippen molar-refractivity contribution in [3.8, 4) is 17.1 Å². The highest BCUT2D eigenvalue weighted by atomic mass is 32.2. The number of thiophene rings is 1. The minimum atomic E-state index is -0.794. The highest BCUT2D eigenvalue weighted by Gasteiger charge is 2.20. The van der Waals surface area contributed by atoms with Crippen molar-refractivity contribution in [1.29, 1.82) is 0 Å². The van der Waals surface area contributed by atoms with Crippen LogP contribution in [0.5, 0.6) is 0 Å². The van der Waals surface area contributed by atoms with Gasteiger partial charge >= 0.3 is 0 Å². The molecule has 0 spiro atoms. The molecule has 162 valence electrons. The number of amides is 2. The van der Waals surface area contributed by atoms with Crippen molar-refractivity contribution in [1.82, 2.24) is 14.8 Å². The summed E-state index contributed by atoms with van der Waals surface area (Å²) in [4.78, 5) is 23.9. The normalized spacial score (nSPS) is 10.8. The number of thioether (sulfide) groups is 1. The number of nitrogens with zero attached hydrogens (tertiary/aromatic N) is 3. The number of benzene rings is 2. The zero-order valence-electron chi connectivity index (χ0n) is 16.3. The van der Waals surface area contributed by atoms with Crippen LogP contribution in [-0.4, -0.2) is 32.3 Å². The zero-order valence-corrected chi connectivity index (χ0v) is 17.9. The highest BCUT2D eigenvalue weighted by molar-refractivity contribution is 7.99. The van der Waals surface area contributed by atoms with Crippen LogP contribution in [-0.2, 0) is 4.79 Å². The van der Waals surface area contributed by atoms with Gasteiger partial charge in [-0.05, 0) is 23.6 Å². The molecule has 0 unspecified atom stereocenters.